The van der Waals surface area contributed by atoms with Crippen molar-refractivity contribution >= 4 is 23.9 Å². The topological polar surface area (TPSA) is 147 Å². The number of carbonyl (C=O) groups is 4. The van der Waals surface area contributed by atoms with Crippen molar-refractivity contribution in [2.45, 2.75) is 83.1 Å². The van der Waals surface area contributed by atoms with Gasteiger partial charge in [-0.1, -0.05) is 27.4 Å². The molecule has 5 N–H and O–H groups in total. The number of urea groups is 1. The molecule has 5 amide bonds. The fourth-order valence-electron chi connectivity index (χ4n) is 3.76. The first-order valence-corrected chi connectivity index (χ1v) is 11.1. The van der Waals surface area contributed by atoms with E-state index in [2.05, 4.69) is 33.2 Å². The molecule has 0 spiro atoms. The van der Waals surface area contributed by atoms with Crippen LogP contribution in [-0.4, -0.2) is 60.4 Å². The SMILES string of the molecule is C=C1NC(=O)C(CC)(C2CCCO2)N1.CCC1(C)NC(=O)NC1=O.CCC1CNC(=O)O1. The first kappa shape index (κ1) is 25.4. The van der Waals surface area contributed by atoms with Gasteiger partial charge in [-0.2, -0.15) is 0 Å². The van der Waals surface area contributed by atoms with Gasteiger partial charge in [0.05, 0.1) is 18.5 Å². The largest absolute Gasteiger partial charge is 0.444 e. The van der Waals surface area contributed by atoms with Gasteiger partial charge in [0, 0.05) is 6.61 Å². The minimum Gasteiger partial charge on any atom is -0.444 e. The number of cyclic esters (lactones) is 1. The molecule has 11 heteroatoms. The fraction of sp³-hybridized carbons (Fsp3) is 0.714. The highest BCUT2D eigenvalue weighted by atomic mass is 16.6. The zero-order valence-electron chi connectivity index (χ0n) is 19.3. The van der Waals surface area contributed by atoms with Crippen LogP contribution in [0.2, 0.25) is 0 Å². The zero-order chi connectivity index (χ0) is 23.9. The Morgan fingerprint density at radius 2 is 1.75 bits per heavy atom. The summed E-state index contributed by atoms with van der Waals surface area (Å²) >= 11 is 0. The van der Waals surface area contributed by atoms with Crippen LogP contribution >= 0.6 is 0 Å². The fourth-order valence-corrected chi connectivity index (χ4v) is 3.76. The van der Waals surface area contributed by atoms with Gasteiger partial charge in [0.25, 0.3) is 11.8 Å². The average Bonchev–Trinajstić information content (AvgIpc) is 3.52. The normalized spacial score (nSPS) is 32.9. The van der Waals surface area contributed by atoms with Crippen LogP contribution in [0.1, 0.15) is 59.8 Å². The number of alkyl carbamates (subject to hydrolysis) is 1. The molecule has 4 atom stereocenters. The van der Waals surface area contributed by atoms with E-state index in [4.69, 9.17) is 9.47 Å². The molecule has 180 valence electrons. The van der Waals surface area contributed by atoms with E-state index >= 15 is 0 Å². The Labute approximate surface area is 188 Å². The van der Waals surface area contributed by atoms with Crippen molar-refractivity contribution in [3.8, 4) is 0 Å². The summed E-state index contributed by atoms with van der Waals surface area (Å²) in [6, 6.07) is -0.394. The number of hydrogen-bond acceptors (Lipinski definition) is 7. The van der Waals surface area contributed by atoms with Crippen LogP contribution in [0.4, 0.5) is 9.59 Å². The number of nitrogens with one attached hydrogen (secondary N) is 5. The Morgan fingerprint density at radius 1 is 1.03 bits per heavy atom. The van der Waals surface area contributed by atoms with E-state index in [1.807, 2.05) is 20.8 Å². The van der Waals surface area contributed by atoms with Gasteiger partial charge in [0.1, 0.15) is 17.2 Å². The molecule has 0 saturated carbocycles. The lowest BCUT2D eigenvalue weighted by Gasteiger charge is -2.30. The summed E-state index contributed by atoms with van der Waals surface area (Å²) in [6.07, 6.45) is 4.05. The Kier molecular flexibility index (Phi) is 8.48. The second-order valence-corrected chi connectivity index (χ2v) is 8.29. The highest BCUT2D eigenvalue weighted by Gasteiger charge is 2.50. The van der Waals surface area contributed by atoms with E-state index in [-0.39, 0.29) is 30.1 Å². The Hall–Kier alpha value is -2.82. The number of hydrogen-bond donors (Lipinski definition) is 5. The van der Waals surface area contributed by atoms with Gasteiger partial charge in [-0.3, -0.25) is 14.9 Å². The summed E-state index contributed by atoms with van der Waals surface area (Å²) in [7, 11) is 0. The maximum atomic E-state index is 11.8. The molecule has 32 heavy (non-hydrogen) atoms. The highest BCUT2D eigenvalue weighted by Crippen LogP contribution is 2.30. The van der Waals surface area contributed by atoms with Crippen LogP contribution in [0, 0.1) is 0 Å². The van der Waals surface area contributed by atoms with Crippen LogP contribution < -0.4 is 26.6 Å². The maximum Gasteiger partial charge on any atom is 0.407 e. The molecule has 0 aromatic rings. The molecular weight excluding hydrogens is 418 g/mol. The summed E-state index contributed by atoms with van der Waals surface area (Å²) in [5.41, 5.74) is -1.26. The van der Waals surface area contributed by atoms with Crippen LogP contribution in [0.25, 0.3) is 0 Å². The smallest absolute Gasteiger partial charge is 0.407 e. The maximum absolute atomic E-state index is 11.8. The predicted molar refractivity (Wildman–Crippen MR) is 116 cm³/mol. The van der Waals surface area contributed by atoms with Gasteiger partial charge in [-0.05, 0) is 39.0 Å². The molecular formula is C21H35N5O6. The molecule has 4 rings (SSSR count). The van der Waals surface area contributed by atoms with Crippen molar-refractivity contribution < 1.29 is 28.7 Å². The summed E-state index contributed by atoms with van der Waals surface area (Å²) in [5, 5.41) is 13.1. The summed E-state index contributed by atoms with van der Waals surface area (Å²) in [6.45, 7) is 12.7. The Balaban J connectivity index is 0.000000178. The molecule has 11 nitrogen and oxygen atoms in total. The molecule has 0 bridgehead atoms. The molecule has 4 aliphatic heterocycles. The van der Waals surface area contributed by atoms with E-state index in [0.717, 1.165) is 32.3 Å². The average molecular weight is 454 g/mol. The molecule has 4 heterocycles. The summed E-state index contributed by atoms with van der Waals surface area (Å²) in [5.74, 6) is 0.351. The first-order chi connectivity index (χ1) is 15.1. The van der Waals surface area contributed by atoms with Crippen molar-refractivity contribution in [2.24, 2.45) is 0 Å². The number of ether oxygens (including phenoxy) is 2. The third kappa shape index (κ3) is 5.70. The van der Waals surface area contributed by atoms with Gasteiger partial charge >= 0.3 is 12.1 Å². The van der Waals surface area contributed by atoms with Gasteiger partial charge < -0.3 is 30.7 Å². The van der Waals surface area contributed by atoms with Gasteiger partial charge in [-0.25, -0.2) is 9.59 Å². The zero-order valence-corrected chi connectivity index (χ0v) is 19.3. The summed E-state index contributed by atoms with van der Waals surface area (Å²) in [4.78, 5) is 43.6. The van der Waals surface area contributed by atoms with Crippen molar-refractivity contribution in [1.29, 1.82) is 0 Å². The quantitative estimate of drug-likeness (QED) is 0.399. The summed E-state index contributed by atoms with van der Waals surface area (Å²) < 4.78 is 10.3. The van der Waals surface area contributed by atoms with Crippen LogP contribution in [0.5, 0.6) is 0 Å². The lowest BCUT2D eigenvalue weighted by molar-refractivity contribution is -0.129. The molecule has 4 unspecified atom stereocenters. The van der Waals surface area contributed by atoms with Crippen LogP contribution in [0.15, 0.2) is 12.4 Å². The molecule has 4 saturated heterocycles. The second-order valence-electron chi connectivity index (χ2n) is 8.29. The van der Waals surface area contributed by atoms with E-state index in [0.29, 0.717) is 18.8 Å². The Bertz CT molecular complexity index is 753. The molecule has 0 aliphatic carbocycles. The molecule has 0 aromatic heterocycles. The first-order valence-electron chi connectivity index (χ1n) is 11.1. The van der Waals surface area contributed by atoms with Crippen molar-refractivity contribution in [2.75, 3.05) is 13.2 Å². The lowest BCUT2D eigenvalue weighted by atomic mass is 9.88. The minimum absolute atomic E-state index is 0.00287. The standard InChI is InChI=1S/C10H16N2O2.C6H10N2O2.C5H9NO2/c1-3-10(8-5-4-6-14-8)9(13)11-7(2)12-10;1-3-6(2)4(9)7-5(10)8-6;1-2-4-3-6-5(7)8-4/h8,12H,2-6H2,1H3,(H,11,13);3H2,1-2H3,(H2,7,8,9,10);4H,2-3H2,1H3,(H,6,7). The molecule has 4 aliphatic rings. The van der Waals surface area contributed by atoms with Crippen molar-refractivity contribution in [3.63, 3.8) is 0 Å². The van der Waals surface area contributed by atoms with E-state index in [9.17, 15) is 19.2 Å². The van der Waals surface area contributed by atoms with E-state index in [1.165, 1.54) is 0 Å². The number of amides is 5. The lowest BCUT2D eigenvalue weighted by Crippen LogP contribution is -2.55. The van der Waals surface area contributed by atoms with E-state index < -0.39 is 17.1 Å². The third-order valence-corrected chi connectivity index (χ3v) is 6.11. The monoisotopic (exact) mass is 453 g/mol. The van der Waals surface area contributed by atoms with E-state index in [1.54, 1.807) is 6.92 Å². The van der Waals surface area contributed by atoms with Crippen LogP contribution in [0.3, 0.4) is 0 Å². The predicted octanol–water partition coefficient (Wildman–Crippen LogP) is 1.00. The molecule has 0 aromatic carbocycles. The number of carbonyl (C=O) groups excluding carboxylic acids is 4. The third-order valence-electron chi connectivity index (χ3n) is 6.11. The Morgan fingerprint density at radius 3 is 2.06 bits per heavy atom. The van der Waals surface area contributed by atoms with Crippen molar-refractivity contribution in [3.05, 3.63) is 12.4 Å². The number of imide groups is 1. The second kappa shape index (κ2) is 10.7. The minimum atomic E-state index is -0.683. The van der Waals surface area contributed by atoms with Crippen molar-refractivity contribution in [1.82, 2.24) is 26.6 Å². The molecule has 0 radical (unpaired) electrons. The highest BCUT2D eigenvalue weighted by molar-refractivity contribution is 6.06. The van der Waals surface area contributed by atoms with Gasteiger partial charge in [0.2, 0.25) is 0 Å². The number of rotatable bonds is 4. The van der Waals surface area contributed by atoms with Gasteiger partial charge in [-0.15, -0.1) is 0 Å². The van der Waals surface area contributed by atoms with Crippen LogP contribution in [-0.2, 0) is 19.1 Å². The molecule has 4 fully saturated rings. The van der Waals surface area contributed by atoms with Gasteiger partial charge in [0.15, 0.2) is 0 Å².